The van der Waals surface area contributed by atoms with Crippen molar-refractivity contribution >= 4 is 60.6 Å². The smallest absolute Gasteiger partial charge is 0.372 e. The predicted molar refractivity (Wildman–Crippen MR) is 139 cm³/mol. The molecular weight excluding hydrogens is 684 g/mol. The Morgan fingerprint density at radius 3 is 1.92 bits per heavy atom. The first-order valence-electron chi connectivity index (χ1n) is 10.3. The molecule has 3 aromatic rings. The first-order valence-corrected chi connectivity index (χ1v) is 12.3. The lowest BCUT2D eigenvalue weighted by atomic mass is 10.1. The number of terminal acetylenes is 1. The Morgan fingerprint density at radius 1 is 1.00 bits per heavy atom. The second-order valence-electron chi connectivity index (χ2n) is 6.54. The van der Waals surface area contributed by atoms with E-state index in [1.54, 1.807) is 13.8 Å². The molecule has 0 radical (unpaired) electrons. The molecule has 0 unspecified atom stereocenters. The van der Waals surface area contributed by atoms with Crippen LogP contribution in [0.1, 0.15) is 29.9 Å². The number of hydrogen-bond donors (Lipinski definition) is 1. The Hall–Kier alpha value is -3.41. The zero-order valence-electron chi connectivity index (χ0n) is 19.9. The maximum absolute atomic E-state index is 13.7. The largest absolute Gasteiger partial charge is 0.461 e. The van der Waals surface area contributed by atoms with E-state index in [9.17, 15) is 27.2 Å². The van der Waals surface area contributed by atoms with Gasteiger partial charge in [0.15, 0.2) is 11.5 Å². The molecule has 1 N–H and O–H groups in total. The van der Waals surface area contributed by atoms with Gasteiger partial charge in [0.1, 0.15) is 23.3 Å². The van der Waals surface area contributed by atoms with Crippen LogP contribution >= 0.6 is 43.5 Å². The highest BCUT2D eigenvalue weighted by Gasteiger charge is 2.20. The van der Waals surface area contributed by atoms with Crippen LogP contribution in [0.25, 0.3) is 11.3 Å². The third-order valence-corrected chi connectivity index (χ3v) is 5.08. The molecule has 0 fully saturated rings. The van der Waals surface area contributed by atoms with E-state index >= 15 is 0 Å². The Labute approximate surface area is 241 Å². The number of carbonyl (C=O) groups excluding carboxylic acids is 2. The van der Waals surface area contributed by atoms with Crippen molar-refractivity contribution < 1.29 is 46.4 Å². The van der Waals surface area contributed by atoms with Crippen molar-refractivity contribution in [2.45, 2.75) is 13.8 Å². The molecule has 15 heteroatoms. The van der Waals surface area contributed by atoms with Crippen LogP contribution in [-0.4, -0.2) is 40.7 Å². The number of aromatic nitrogens is 1. The normalized spacial score (nSPS) is 10.3. The number of oxime groups is 1. The fourth-order valence-electron chi connectivity index (χ4n) is 2.38. The zero-order valence-corrected chi connectivity index (χ0v) is 23.8. The van der Waals surface area contributed by atoms with Crippen molar-refractivity contribution in [3.63, 3.8) is 0 Å². The molecule has 0 aliphatic carbocycles. The number of benzene rings is 2. The van der Waals surface area contributed by atoms with Crippen LogP contribution < -0.4 is 0 Å². The summed E-state index contributed by atoms with van der Waals surface area (Å²) in [7, 11) is 0. The lowest BCUT2D eigenvalue weighted by Gasteiger charge is -2.01. The minimum absolute atomic E-state index is 0.140. The first-order chi connectivity index (χ1) is 18.4. The molecule has 1 aromatic heterocycles. The summed E-state index contributed by atoms with van der Waals surface area (Å²) in [6, 6.07) is 5.56. The number of nitrogens with zero attached hydrogens (tertiary/aromatic N) is 2. The van der Waals surface area contributed by atoms with Crippen molar-refractivity contribution in [3.05, 3.63) is 73.8 Å². The monoisotopic (exact) mass is 698 g/mol. The summed E-state index contributed by atoms with van der Waals surface area (Å²) in [4.78, 5) is 21.7. The lowest BCUT2D eigenvalue weighted by molar-refractivity contribution is -0.134. The van der Waals surface area contributed by atoms with Gasteiger partial charge in [-0.3, -0.25) is 0 Å². The van der Waals surface area contributed by atoms with Crippen molar-refractivity contribution in [1.82, 2.24) is 5.16 Å². The Balaban J connectivity index is 0.000000324. The number of hydrogen-bond acceptors (Lipinski definition) is 8. The average Bonchev–Trinajstić information content (AvgIpc) is 3.33. The fraction of sp³-hybridized carbons (Fsp3) is 0.167. The number of ether oxygens (including phenoxy) is 2. The van der Waals surface area contributed by atoms with Gasteiger partial charge in [-0.25, -0.2) is 27.2 Å². The van der Waals surface area contributed by atoms with Gasteiger partial charge in [0.05, 0.1) is 24.3 Å². The Bertz CT molecular complexity index is 1350. The van der Waals surface area contributed by atoms with Crippen LogP contribution in [-0.2, 0) is 14.3 Å². The van der Waals surface area contributed by atoms with Crippen LogP contribution in [0.15, 0.2) is 49.0 Å². The van der Waals surface area contributed by atoms with Gasteiger partial charge in [-0.1, -0.05) is 59.7 Å². The van der Waals surface area contributed by atoms with Crippen molar-refractivity contribution in [1.29, 1.82) is 0 Å². The predicted octanol–water partition coefficient (Wildman–Crippen LogP) is 6.84. The van der Waals surface area contributed by atoms with E-state index in [2.05, 4.69) is 46.9 Å². The Morgan fingerprint density at radius 2 is 1.49 bits per heavy atom. The van der Waals surface area contributed by atoms with E-state index in [4.69, 9.17) is 32.5 Å². The molecule has 0 bridgehead atoms. The van der Waals surface area contributed by atoms with E-state index < -0.39 is 40.4 Å². The molecule has 3 rings (SSSR count). The lowest BCUT2D eigenvalue weighted by Crippen LogP contribution is -2.11. The summed E-state index contributed by atoms with van der Waals surface area (Å²) in [5.41, 5.74) is -0.849. The van der Waals surface area contributed by atoms with Crippen molar-refractivity contribution in [3.8, 4) is 23.7 Å². The van der Waals surface area contributed by atoms with Crippen LogP contribution in [0.3, 0.4) is 0 Å². The second-order valence-corrected chi connectivity index (χ2v) is 8.73. The van der Waals surface area contributed by atoms with E-state index in [0.29, 0.717) is 4.47 Å². The molecule has 0 saturated carbocycles. The number of rotatable bonds is 5. The van der Waals surface area contributed by atoms with Gasteiger partial charge in [0.25, 0.3) is 5.17 Å². The van der Waals surface area contributed by atoms with Gasteiger partial charge in [-0.2, -0.15) is 0 Å². The van der Waals surface area contributed by atoms with Crippen LogP contribution in [0.5, 0.6) is 0 Å². The number of carbonyl (C=O) groups is 2. The highest BCUT2D eigenvalue weighted by molar-refractivity contribution is 9.10. The van der Waals surface area contributed by atoms with Crippen LogP contribution in [0, 0.1) is 35.6 Å². The summed E-state index contributed by atoms with van der Waals surface area (Å²) in [6.07, 6.45) is 4.86. The maximum Gasteiger partial charge on any atom is 0.372 e. The average molecular weight is 701 g/mol. The van der Waals surface area contributed by atoms with Gasteiger partial charge in [-0.05, 0) is 38.1 Å². The quantitative estimate of drug-likeness (QED) is 0.0775. The molecule has 0 aliphatic rings. The van der Waals surface area contributed by atoms with Crippen molar-refractivity contribution in [2.75, 3.05) is 13.2 Å². The highest BCUT2D eigenvalue weighted by Crippen LogP contribution is 2.29. The summed E-state index contributed by atoms with van der Waals surface area (Å²) in [5, 5.41) is 13.2. The van der Waals surface area contributed by atoms with E-state index in [1.165, 1.54) is 0 Å². The second kappa shape index (κ2) is 16.5. The van der Waals surface area contributed by atoms with Gasteiger partial charge >= 0.3 is 11.9 Å². The summed E-state index contributed by atoms with van der Waals surface area (Å²) < 4.78 is 67.2. The molecule has 0 amide bonds. The minimum Gasteiger partial charge on any atom is -0.461 e. The number of halogens is 7. The zero-order chi connectivity index (χ0) is 29.7. The van der Waals surface area contributed by atoms with Gasteiger partial charge in [-0.15, -0.1) is 6.42 Å². The first kappa shape index (κ1) is 33.6. The summed E-state index contributed by atoms with van der Waals surface area (Å²) in [5.74, 6) is -2.87. The molecule has 0 saturated heterocycles. The standard InChI is InChI=1S/C12H8BrF2NO3.C8H3BrF2.C4H6ClNO3/c1-2-18-12(17)9-5-10(19-16-9)11-7(14)3-6(13)4-8(11)15;1-2-6-7(10)3-5(9)4-8(6)11;1-2-9-4(7)3(5)6-8/h3-5H,2H2,1H3;1,3-4H;8H,2H2,1H3/b;;6-3-. The molecule has 8 nitrogen and oxygen atoms in total. The van der Waals surface area contributed by atoms with Gasteiger partial charge in [0, 0.05) is 15.0 Å². The van der Waals surface area contributed by atoms with Gasteiger partial charge in [0.2, 0.25) is 0 Å². The molecular formula is C24H17Br2ClF4N2O6. The maximum atomic E-state index is 13.7. The van der Waals surface area contributed by atoms with E-state index in [0.717, 1.165) is 30.3 Å². The third kappa shape index (κ3) is 10.3. The third-order valence-electron chi connectivity index (χ3n) is 3.93. The fourth-order valence-corrected chi connectivity index (χ4v) is 3.24. The van der Waals surface area contributed by atoms with E-state index in [-0.39, 0.29) is 40.3 Å². The SMILES string of the molecule is C#Cc1c(F)cc(Br)cc1F.CCOC(=O)/C(Cl)=N/O.CCOC(=O)c1cc(-c2c(F)cc(Br)cc2F)on1. The molecule has 0 spiro atoms. The highest BCUT2D eigenvalue weighted by atomic mass is 79.9. The summed E-state index contributed by atoms with van der Waals surface area (Å²) >= 11 is 10.9. The molecule has 0 aliphatic heterocycles. The van der Waals surface area contributed by atoms with E-state index in [1.807, 2.05) is 5.92 Å². The molecule has 0 atom stereocenters. The molecule has 39 heavy (non-hydrogen) atoms. The number of esters is 2. The molecule has 208 valence electrons. The van der Waals surface area contributed by atoms with Gasteiger partial charge < -0.3 is 19.2 Å². The van der Waals surface area contributed by atoms with Crippen LogP contribution in [0.4, 0.5) is 17.6 Å². The minimum atomic E-state index is -0.821. The Kier molecular flexibility index (Phi) is 14.2. The summed E-state index contributed by atoms with van der Waals surface area (Å²) in [6.45, 7) is 3.64. The molecule has 2 aromatic carbocycles. The van der Waals surface area contributed by atoms with Crippen LogP contribution in [0.2, 0.25) is 0 Å². The topological polar surface area (TPSA) is 111 Å². The molecule has 1 heterocycles. The van der Waals surface area contributed by atoms with Crippen molar-refractivity contribution in [2.24, 2.45) is 5.16 Å².